The van der Waals surface area contributed by atoms with E-state index in [0.29, 0.717) is 10.9 Å². The molecule has 0 heterocycles. The third-order valence-electron chi connectivity index (χ3n) is 3.04. The number of oxime groups is 1. The molecule has 5 nitrogen and oxygen atoms in total. The van der Waals surface area contributed by atoms with Crippen LogP contribution in [0.5, 0.6) is 0 Å². The zero-order chi connectivity index (χ0) is 16.0. The SMILES string of the molecule is CO/N=C(/C(=O)C(C)(C)C(=O)OC)c1ccc(CBr)cc1. The second kappa shape index (κ2) is 7.36. The summed E-state index contributed by atoms with van der Waals surface area (Å²) in [7, 11) is 2.60. The van der Waals surface area contributed by atoms with Crippen LogP contribution in [0, 0.1) is 5.41 Å². The Morgan fingerprint density at radius 2 is 1.76 bits per heavy atom. The Labute approximate surface area is 132 Å². The highest BCUT2D eigenvalue weighted by molar-refractivity contribution is 9.08. The molecule has 0 atom stereocenters. The van der Waals surface area contributed by atoms with Gasteiger partial charge in [0.15, 0.2) is 5.71 Å². The van der Waals surface area contributed by atoms with E-state index in [0.717, 1.165) is 5.56 Å². The van der Waals surface area contributed by atoms with Gasteiger partial charge < -0.3 is 9.57 Å². The molecule has 0 aromatic heterocycles. The standard InChI is InChI=1S/C15H18BrNO4/c1-15(2,14(19)20-3)13(18)12(17-21-4)11-7-5-10(9-16)6-8-11/h5-8H,9H2,1-4H3/b17-12+. The third kappa shape index (κ3) is 3.91. The summed E-state index contributed by atoms with van der Waals surface area (Å²) in [5, 5.41) is 4.49. The van der Waals surface area contributed by atoms with Crippen LogP contribution in [-0.4, -0.2) is 31.7 Å². The van der Waals surface area contributed by atoms with E-state index >= 15 is 0 Å². The van der Waals surface area contributed by atoms with Gasteiger partial charge in [-0.25, -0.2) is 0 Å². The highest BCUT2D eigenvalue weighted by Crippen LogP contribution is 2.22. The lowest BCUT2D eigenvalue weighted by molar-refractivity contribution is -0.153. The number of ether oxygens (including phenoxy) is 1. The van der Waals surface area contributed by atoms with Crippen molar-refractivity contribution in [1.29, 1.82) is 0 Å². The molecule has 0 unspecified atom stereocenters. The Hall–Kier alpha value is -1.69. The van der Waals surface area contributed by atoms with Gasteiger partial charge in [-0.05, 0) is 19.4 Å². The molecule has 0 radical (unpaired) electrons. The van der Waals surface area contributed by atoms with Crippen LogP contribution in [0.3, 0.4) is 0 Å². The van der Waals surface area contributed by atoms with Gasteiger partial charge in [-0.2, -0.15) is 0 Å². The number of alkyl halides is 1. The molecule has 1 aromatic carbocycles. The number of hydrogen-bond acceptors (Lipinski definition) is 5. The zero-order valence-electron chi connectivity index (χ0n) is 12.5. The maximum absolute atomic E-state index is 12.6. The summed E-state index contributed by atoms with van der Waals surface area (Å²) in [6.45, 7) is 3.00. The smallest absolute Gasteiger partial charge is 0.319 e. The Morgan fingerprint density at radius 3 is 2.19 bits per heavy atom. The van der Waals surface area contributed by atoms with E-state index in [4.69, 9.17) is 4.84 Å². The minimum atomic E-state index is -1.33. The first-order valence-electron chi connectivity index (χ1n) is 6.28. The van der Waals surface area contributed by atoms with Crippen LogP contribution >= 0.6 is 15.9 Å². The van der Waals surface area contributed by atoms with Crippen LogP contribution in [-0.2, 0) is 24.5 Å². The number of ketones is 1. The van der Waals surface area contributed by atoms with E-state index in [9.17, 15) is 9.59 Å². The third-order valence-corrected chi connectivity index (χ3v) is 3.69. The number of hydrogen-bond donors (Lipinski definition) is 0. The number of nitrogens with zero attached hydrogens (tertiary/aromatic N) is 1. The van der Waals surface area contributed by atoms with Crippen LogP contribution in [0.1, 0.15) is 25.0 Å². The largest absolute Gasteiger partial charge is 0.468 e. The molecule has 0 bridgehead atoms. The average Bonchev–Trinajstić information content (AvgIpc) is 2.51. The summed E-state index contributed by atoms with van der Waals surface area (Å²) >= 11 is 3.36. The quantitative estimate of drug-likeness (QED) is 0.258. The first-order valence-corrected chi connectivity index (χ1v) is 7.40. The van der Waals surface area contributed by atoms with Crippen molar-refractivity contribution in [2.75, 3.05) is 14.2 Å². The van der Waals surface area contributed by atoms with E-state index in [1.807, 2.05) is 12.1 Å². The van der Waals surface area contributed by atoms with Crippen molar-refractivity contribution in [3.05, 3.63) is 35.4 Å². The van der Waals surface area contributed by atoms with E-state index in [2.05, 4.69) is 25.8 Å². The number of benzene rings is 1. The van der Waals surface area contributed by atoms with Crippen LogP contribution in [0.25, 0.3) is 0 Å². The van der Waals surface area contributed by atoms with E-state index in [1.165, 1.54) is 28.1 Å². The van der Waals surface area contributed by atoms with Crippen molar-refractivity contribution >= 4 is 33.4 Å². The molecule has 0 saturated carbocycles. The molecule has 6 heteroatoms. The molecule has 21 heavy (non-hydrogen) atoms. The molecule has 0 aliphatic rings. The topological polar surface area (TPSA) is 65.0 Å². The molecule has 0 fully saturated rings. The Kier molecular flexibility index (Phi) is 6.08. The second-order valence-electron chi connectivity index (χ2n) is 4.90. The van der Waals surface area contributed by atoms with Gasteiger partial charge in [-0.1, -0.05) is 45.4 Å². The molecule has 0 N–H and O–H groups in total. The van der Waals surface area contributed by atoms with Crippen LogP contribution in [0.2, 0.25) is 0 Å². The van der Waals surface area contributed by atoms with Crippen molar-refractivity contribution in [3.8, 4) is 0 Å². The normalized spacial score (nSPS) is 12.0. The lowest BCUT2D eigenvalue weighted by Gasteiger charge is -2.20. The summed E-state index contributed by atoms with van der Waals surface area (Å²) in [4.78, 5) is 29.1. The first kappa shape index (κ1) is 17.4. The van der Waals surface area contributed by atoms with Gasteiger partial charge in [0, 0.05) is 10.9 Å². The van der Waals surface area contributed by atoms with E-state index in [-0.39, 0.29) is 5.71 Å². The van der Waals surface area contributed by atoms with Gasteiger partial charge in [-0.15, -0.1) is 0 Å². The lowest BCUT2D eigenvalue weighted by atomic mass is 9.83. The highest BCUT2D eigenvalue weighted by atomic mass is 79.9. The molecule has 114 valence electrons. The molecule has 0 amide bonds. The predicted octanol–water partition coefficient (Wildman–Crippen LogP) is 2.70. The highest BCUT2D eigenvalue weighted by Gasteiger charge is 2.40. The summed E-state index contributed by atoms with van der Waals surface area (Å²) < 4.78 is 4.68. The first-order chi connectivity index (χ1) is 9.88. The van der Waals surface area contributed by atoms with Gasteiger partial charge in [0.2, 0.25) is 5.78 Å². The number of carbonyl (C=O) groups excluding carboxylic acids is 2. The summed E-state index contributed by atoms with van der Waals surface area (Å²) in [5.41, 5.74) is 0.410. The monoisotopic (exact) mass is 355 g/mol. The predicted molar refractivity (Wildman–Crippen MR) is 83.4 cm³/mol. The second-order valence-corrected chi connectivity index (χ2v) is 5.46. The zero-order valence-corrected chi connectivity index (χ0v) is 14.1. The molecule has 0 saturated heterocycles. The average molecular weight is 356 g/mol. The van der Waals surface area contributed by atoms with E-state index < -0.39 is 17.2 Å². The fraction of sp³-hybridized carbons (Fsp3) is 0.400. The number of Topliss-reactive ketones (excluding diaryl/α,β-unsaturated/α-hetero) is 1. The number of halogens is 1. The summed E-state index contributed by atoms with van der Waals surface area (Å²) in [6, 6.07) is 7.26. The fourth-order valence-electron chi connectivity index (χ4n) is 1.71. The number of rotatable bonds is 6. The molecule has 0 spiro atoms. The minimum absolute atomic E-state index is 0.0917. The van der Waals surface area contributed by atoms with E-state index in [1.54, 1.807) is 12.1 Å². The van der Waals surface area contributed by atoms with Gasteiger partial charge in [0.25, 0.3) is 0 Å². The molecule has 0 aliphatic carbocycles. The Balaban J connectivity index is 3.20. The summed E-state index contributed by atoms with van der Waals surface area (Å²) in [5.74, 6) is -1.07. The van der Waals surface area contributed by atoms with Crippen molar-refractivity contribution < 1.29 is 19.2 Å². The van der Waals surface area contributed by atoms with Crippen LogP contribution in [0.4, 0.5) is 0 Å². The molecule has 0 aliphatic heterocycles. The number of methoxy groups -OCH3 is 1. The Morgan fingerprint density at radius 1 is 1.19 bits per heavy atom. The Bertz CT molecular complexity index is 549. The van der Waals surface area contributed by atoms with Gasteiger partial charge in [0.1, 0.15) is 12.5 Å². The molecular formula is C15H18BrNO4. The maximum atomic E-state index is 12.6. The van der Waals surface area contributed by atoms with Crippen molar-refractivity contribution in [2.24, 2.45) is 10.6 Å². The van der Waals surface area contributed by atoms with Crippen molar-refractivity contribution in [1.82, 2.24) is 0 Å². The van der Waals surface area contributed by atoms with Gasteiger partial charge in [-0.3, -0.25) is 9.59 Å². The molecule has 1 rings (SSSR count). The van der Waals surface area contributed by atoms with Crippen LogP contribution < -0.4 is 0 Å². The molecular weight excluding hydrogens is 338 g/mol. The van der Waals surface area contributed by atoms with Crippen molar-refractivity contribution in [3.63, 3.8) is 0 Å². The van der Waals surface area contributed by atoms with Crippen LogP contribution in [0.15, 0.2) is 29.4 Å². The van der Waals surface area contributed by atoms with Gasteiger partial charge >= 0.3 is 5.97 Å². The molecule has 1 aromatic rings. The van der Waals surface area contributed by atoms with Crippen molar-refractivity contribution in [2.45, 2.75) is 19.2 Å². The number of esters is 1. The fourth-order valence-corrected chi connectivity index (χ4v) is 2.09. The lowest BCUT2D eigenvalue weighted by Crippen LogP contribution is -2.39. The maximum Gasteiger partial charge on any atom is 0.319 e. The minimum Gasteiger partial charge on any atom is -0.468 e. The summed E-state index contributed by atoms with van der Waals surface area (Å²) in [6.07, 6.45) is 0. The van der Waals surface area contributed by atoms with Gasteiger partial charge in [0.05, 0.1) is 7.11 Å². The number of carbonyl (C=O) groups is 2.